The lowest BCUT2D eigenvalue weighted by molar-refractivity contribution is 0.298. The Balaban J connectivity index is 3.06. The highest BCUT2D eigenvalue weighted by molar-refractivity contribution is 5.13. The molecule has 0 aliphatic rings. The highest BCUT2D eigenvalue weighted by atomic mass is 16.3. The smallest absolute Gasteiger partial charge is 0.0568 e. The number of aliphatic hydroxyl groups is 1. The largest absolute Gasteiger partial charge is 0.396 e. The standard InChI is InChI=1S/C9H13NO/c1-2-8-3-4-9(5-6-11)10-7-8/h3-4,7,11H,2,5-6H2,1H3/i5D2,6D2. The van der Waals surface area contributed by atoms with Gasteiger partial charge in [-0.1, -0.05) is 13.0 Å². The molecule has 0 unspecified atom stereocenters. The highest BCUT2D eigenvalue weighted by Crippen LogP contribution is 2.00. The molecule has 0 spiro atoms. The molecule has 0 saturated heterocycles. The molecule has 0 bridgehead atoms. The maximum absolute atomic E-state index is 9.04. The van der Waals surface area contributed by atoms with E-state index in [0.717, 1.165) is 12.0 Å². The van der Waals surface area contributed by atoms with Crippen LogP contribution in [0.5, 0.6) is 0 Å². The molecule has 0 fully saturated rings. The van der Waals surface area contributed by atoms with Gasteiger partial charge in [0.25, 0.3) is 0 Å². The summed E-state index contributed by atoms with van der Waals surface area (Å²) in [4.78, 5) is 3.81. The first-order valence-electron chi connectivity index (χ1n) is 5.47. The van der Waals surface area contributed by atoms with Crippen LogP contribution in [-0.4, -0.2) is 16.6 Å². The van der Waals surface area contributed by atoms with Gasteiger partial charge in [0.2, 0.25) is 0 Å². The molecule has 0 aliphatic carbocycles. The summed E-state index contributed by atoms with van der Waals surface area (Å²) in [5, 5.41) is 9.04. The normalized spacial score (nSPS) is 18.0. The van der Waals surface area contributed by atoms with Crippen LogP contribution >= 0.6 is 0 Å². The van der Waals surface area contributed by atoms with Crippen LogP contribution in [0.15, 0.2) is 18.3 Å². The third-order valence-electron chi connectivity index (χ3n) is 1.42. The fourth-order valence-corrected chi connectivity index (χ4v) is 0.765. The summed E-state index contributed by atoms with van der Waals surface area (Å²) >= 11 is 0. The number of hydrogen-bond donors (Lipinski definition) is 1. The van der Waals surface area contributed by atoms with Crippen molar-refractivity contribution in [3.05, 3.63) is 29.6 Å². The summed E-state index contributed by atoms with van der Waals surface area (Å²) in [6.45, 7) is -0.996. The van der Waals surface area contributed by atoms with Crippen LogP contribution in [0.25, 0.3) is 0 Å². The first-order valence-corrected chi connectivity index (χ1v) is 3.47. The van der Waals surface area contributed by atoms with Crippen molar-refractivity contribution in [3.63, 3.8) is 0 Å². The minimum Gasteiger partial charge on any atom is -0.396 e. The predicted molar refractivity (Wildman–Crippen MR) is 44.4 cm³/mol. The third kappa shape index (κ3) is 2.31. The third-order valence-corrected chi connectivity index (χ3v) is 1.42. The average molecular weight is 155 g/mol. The van der Waals surface area contributed by atoms with Gasteiger partial charge in [0, 0.05) is 27.6 Å². The molecule has 1 rings (SSSR count). The van der Waals surface area contributed by atoms with Crippen LogP contribution in [0.4, 0.5) is 0 Å². The highest BCUT2D eigenvalue weighted by Gasteiger charge is 1.92. The second-order valence-electron chi connectivity index (χ2n) is 2.14. The molecule has 1 aromatic heterocycles. The SMILES string of the molecule is [2H]C([2H])(O)C([2H])([2H])c1ccc(CC)cn1. The molecule has 0 amide bonds. The maximum Gasteiger partial charge on any atom is 0.0568 e. The van der Waals surface area contributed by atoms with Crippen LogP contribution in [0.1, 0.15) is 23.7 Å². The Hall–Kier alpha value is -0.890. The van der Waals surface area contributed by atoms with Gasteiger partial charge in [-0.25, -0.2) is 0 Å². The molecule has 0 radical (unpaired) electrons. The molecule has 0 atom stereocenters. The minimum absolute atomic E-state index is 0.104. The fourth-order valence-electron chi connectivity index (χ4n) is 0.765. The molecule has 1 heterocycles. The zero-order valence-corrected chi connectivity index (χ0v) is 6.33. The van der Waals surface area contributed by atoms with Crippen LogP contribution in [0.2, 0.25) is 0 Å². The average Bonchev–Trinajstić information content (AvgIpc) is 2.16. The summed E-state index contributed by atoms with van der Waals surface area (Å²) in [6.07, 6.45) is -0.236. The zero-order valence-electron chi connectivity index (χ0n) is 10.3. The molecule has 1 aromatic rings. The number of aromatic nitrogens is 1. The molecule has 1 N–H and O–H groups in total. The van der Waals surface area contributed by atoms with Crippen molar-refractivity contribution in [1.29, 1.82) is 0 Å². The predicted octanol–water partition coefficient (Wildman–Crippen LogP) is 1.18. The van der Waals surface area contributed by atoms with Crippen molar-refractivity contribution in [2.45, 2.75) is 19.7 Å². The molecule has 11 heavy (non-hydrogen) atoms. The van der Waals surface area contributed by atoms with E-state index in [1.807, 2.05) is 6.92 Å². The number of hydrogen-bond acceptors (Lipinski definition) is 2. The second-order valence-corrected chi connectivity index (χ2v) is 2.14. The monoisotopic (exact) mass is 155 g/mol. The van der Waals surface area contributed by atoms with E-state index in [2.05, 4.69) is 4.98 Å². The zero-order chi connectivity index (χ0) is 11.7. The summed E-state index contributed by atoms with van der Waals surface area (Å²) < 4.78 is 28.8. The Bertz CT molecular complexity index is 331. The molecular weight excluding hydrogens is 138 g/mol. The van der Waals surface area contributed by atoms with E-state index in [1.165, 1.54) is 12.3 Å². The first-order chi connectivity index (χ1) is 6.79. The number of aryl methyl sites for hydroxylation is 2. The molecule has 0 aromatic carbocycles. The van der Waals surface area contributed by atoms with Crippen LogP contribution in [-0.2, 0) is 12.8 Å². The van der Waals surface area contributed by atoms with E-state index in [9.17, 15) is 0 Å². The molecule has 2 nitrogen and oxygen atoms in total. The van der Waals surface area contributed by atoms with Gasteiger partial charge in [-0.2, -0.15) is 0 Å². The molecule has 0 saturated carbocycles. The molecular formula is C9H13NO. The fraction of sp³-hybridized carbons (Fsp3) is 0.444. The summed E-state index contributed by atoms with van der Waals surface area (Å²) in [6, 6.07) is 3.07. The minimum atomic E-state index is -2.94. The number of rotatable bonds is 3. The quantitative estimate of drug-likeness (QED) is 0.711. The van der Waals surface area contributed by atoms with Gasteiger partial charge in [0.15, 0.2) is 0 Å². The molecule has 60 valence electrons. The Morgan fingerprint density at radius 2 is 2.45 bits per heavy atom. The van der Waals surface area contributed by atoms with Gasteiger partial charge < -0.3 is 5.11 Å². The number of nitrogens with zero attached hydrogens (tertiary/aromatic N) is 1. The van der Waals surface area contributed by atoms with Gasteiger partial charge >= 0.3 is 0 Å². The summed E-state index contributed by atoms with van der Waals surface area (Å²) in [7, 11) is 0. The van der Waals surface area contributed by atoms with E-state index in [0.29, 0.717) is 0 Å². The lowest BCUT2D eigenvalue weighted by Crippen LogP contribution is -1.94. The Kier molecular flexibility index (Phi) is 1.57. The molecule has 0 aliphatic heterocycles. The van der Waals surface area contributed by atoms with Crippen molar-refractivity contribution in [1.82, 2.24) is 4.98 Å². The number of pyridine rings is 1. The van der Waals surface area contributed by atoms with E-state index in [-0.39, 0.29) is 5.69 Å². The van der Waals surface area contributed by atoms with Gasteiger partial charge in [-0.05, 0) is 18.1 Å². The van der Waals surface area contributed by atoms with Crippen molar-refractivity contribution in [2.24, 2.45) is 0 Å². The van der Waals surface area contributed by atoms with Crippen LogP contribution in [0.3, 0.4) is 0 Å². The van der Waals surface area contributed by atoms with E-state index in [4.69, 9.17) is 10.6 Å². The lowest BCUT2D eigenvalue weighted by Gasteiger charge is -1.98. The maximum atomic E-state index is 9.04. The topological polar surface area (TPSA) is 33.1 Å². The summed E-state index contributed by atoms with van der Waals surface area (Å²) in [5.41, 5.74) is 0.834. The van der Waals surface area contributed by atoms with E-state index in [1.54, 1.807) is 6.07 Å². The Labute approximate surface area is 72.5 Å². The van der Waals surface area contributed by atoms with E-state index >= 15 is 0 Å². The van der Waals surface area contributed by atoms with Crippen molar-refractivity contribution in [3.8, 4) is 0 Å². The second kappa shape index (κ2) is 4.09. The lowest BCUT2D eigenvalue weighted by atomic mass is 10.2. The van der Waals surface area contributed by atoms with Crippen molar-refractivity contribution in [2.75, 3.05) is 6.56 Å². The van der Waals surface area contributed by atoms with Crippen LogP contribution in [0, 0.1) is 0 Å². The van der Waals surface area contributed by atoms with Gasteiger partial charge in [-0.3, -0.25) is 4.98 Å². The van der Waals surface area contributed by atoms with Gasteiger partial charge in [-0.15, -0.1) is 0 Å². The summed E-state index contributed by atoms with van der Waals surface area (Å²) in [5.74, 6) is 0. The van der Waals surface area contributed by atoms with Gasteiger partial charge in [0.1, 0.15) is 0 Å². The van der Waals surface area contributed by atoms with Crippen molar-refractivity contribution < 1.29 is 10.6 Å². The Morgan fingerprint density at radius 3 is 2.91 bits per heavy atom. The first kappa shape index (κ1) is 4.21. The van der Waals surface area contributed by atoms with E-state index < -0.39 is 12.9 Å². The Morgan fingerprint density at radius 1 is 1.64 bits per heavy atom. The van der Waals surface area contributed by atoms with Crippen molar-refractivity contribution >= 4 is 0 Å². The van der Waals surface area contributed by atoms with Crippen LogP contribution < -0.4 is 0 Å². The van der Waals surface area contributed by atoms with Gasteiger partial charge in [0.05, 0.1) is 2.74 Å². The molecule has 2 heteroatoms.